The van der Waals surface area contributed by atoms with Crippen LogP contribution >= 0.6 is 0 Å². The van der Waals surface area contributed by atoms with Gasteiger partial charge in [-0.2, -0.15) is 10.4 Å². The van der Waals surface area contributed by atoms with Crippen molar-refractivity contribution >= 4 is 11.9 Å². The summed E-state index contributed by atoms with van der Waals surface area (Å²) in [5, 5.41) is 12.7. The summed E-state index contributed by atoms with van der Waals surface area (Å²) in [4.78, 5) is 0. The van der Waals surface area contributed by atoms with Crippen molar-refractivity contribution in [3.8, 4) is 17.6 Å². The van der Waals surface area contributed by atoms with Crippen molar-refractivity contribution in [2.24, 2.45) is 5.10 Å². The van der Waals surface area contributed by atoms with Crippen LogP contribution in [0.15, 0.2) is 53.6 Å². The van der Waals surface area contributed by atoms with E-state index in [4.69, 9.17) is 14.7 Å². The largest absolute Gasteiger partial charge is 0.493 e. The third kappa shape index (κ3) is 4.25. The summed E-state index contributed by atoms with van der Waals surface area (Å²) in [5.74, 6) is 1.10. The van der Waals surface area contributed by atoms with Crippen molar-refractivity contribution in [3.05, 3.63) is 54.1 Å². The summed E-state index contributed by atoms with van der Waals surface area (Å²) in [6.07, 6.45) is 1.68. The maximum atomic E-state index is 8.52. The van der Waals surface area contributed by atoms with Gasteiger partial charge in [-0.15, -0.1) is 0 Å². The number of anilines is 1. The SMILES string of the molecule is COc1cc(/C=N\Nc2ccccc2)ccc1OCC#N. The molecule has 5 nitrogen and oxygen atoms in total. The predicted octanol–water partition coefficient (Wildman–Crippen LogP) is 3.04. The molecule has 0 aliphatic rings. The molecule has 0 unspecified atom stereocenters. The quantitative estimate of drug-likeness (QED) is 0.653. The second-order valence-corrected chi connectivity index (χ2v) is 4.09. The number of rotatable bonds is 6. The maximum absolute atomic E-state index is 8.52. The fourth-order valence-corrected chi connectivity index (χ4v) is 1.69. The average molecular weight is 281 g/mol. The summed E-state index contributed by atoms with van der Waals surface area (Å²) in [7, 11) is 1.55. The van der Waals surface area contributed by atoms with Gasteiger partial charge < -0.3 is 9.47 Å². The number of nitrogens with one attached hydrogen (secondary N) is 1. The molecule has 0 radical (unpaired) electrons. The Labute approximate surface area is 123 Å². The first-order valence-corrected chi connectivity index (χ1v) is 6.35. The van der Waals surface area contributed by atoms with Gasteiger partial charge in [-0.1, -0.05) is 18.2 Å². The monoisotopic (exact) mass is 281 g/mol. The Hall–Kier alpha value is -3.00. The van der Waals surface area contributed by atoms with E-state index in [1.165, 1.54) is 0 Å². The molecule has 5 heteroatoms. The molecule has 2 aromatic rings. The second kappa shape index (κ2) is 7.56. The van der Waals surface area contributed by atoms with Gasteiger partial charge in [0, 0.05) is 0 Å². The highest BCUT2D eigenvalue weighted by atomic mass is 16.5. The number of hydrazone groups is 1. The van der Waals surface area contributed by atoms with Crippen molar-refractivity contribution in [1.82, 2.24) is 0 Å². The molecule has 2 rings (SSSR count). The lowest BCUT2D eigenvalue weighted by atomic mass is 10.2. The molecule has 0 atom stereocenters. The molecule has 1 N–H and O–H groups in total. The summed E-state index contributed by atoms with van der Waals surface area (Å²) in [5.41, 5.74) is 4.71. The van der Waals surface area contributed by atoms with Crippen LogP contribution in [-0.4, -0.2) is 19.9 Å². The summed E-state index contributed by atoms with van der Waals surface area (Å²) in [6, 6.07) is 17.0. The van der Waals surface area contributed by atoms with Gasteiger partial charge in [0.15, 0.2) is 18.1 Å². The van der Waals surface area contributed by atoms with Crippen LogP contribution in [0.2, 0.25) is 0 Å². The first-order chi connectivity index (χ1) is 10.3. The zero-order chi connectivity index (χ0) is 14.9. The van der Waals surface area contributed by atoms with E-state index in [-0.39, 0.29) is 6.61 Å². The zero-order valence-electron chi connectivity index (χ0n) is 11.6. The number of ether oxygens (including phenoxy) is 2. The normalized spacial score (nSPS) is 10.1. The Morgan fingerprint density at radius 2 is 2.00 bits per heavy atom. The Bertz CT molecular complexity index is 648. The molecule has 0 saturated heterocycles. The Kier molecular flexibility index (Phi) is 5.18. The van der Waals surface area contributed by atoms with Crippen LogP contribution in [0.3, 0.4) is 0 Å². The van der Waals surface area contributed by atoms with Gasteiger partial charge in [0.05, 0.1) is 19.0 Å². The van der Waals surface area contributed by atoms with Gasteiger partial charge in [0.25, 0.3) is 0 Å². The molecule has 0 amide bonds. The van der Waals surface area contributed by atoms with Crippen LogP contribution in [0.25, 0.3) is 0 Å². The predicted molar refractivity (Wildman–Crippen MR) is 81.8 cm³/mol. The van der Waals surface area contributed by atoms with E-state index in [2.05, 4.69) is 10.5 Å². The molecule has 21 heavy (non-hydrogen) atoms. The topological polar surface area (TPSA) is 66.6 Å². The van der Waals surface area contributed by atoms with E-state index >= 15 is 0 Å². The molecule has 2 aromatic carbocycles. The fraction of sp³-hybridized carbons (Fsp3) is 0.125. The molecule has 0 fully saturated rings. The Balaban J connectivity index is 2.05. The molecular weight excluding hydrogens is 266 g/mol. The van der Waals surface area contributed by atoms with Crippen molar-refractivity contribution in [3.63, 3.8) is 0 Å². The van der Waals surface area contributed by atoms with Gasteiger partial charge in [-0.05, 0) is 35.9 Å². The average Bonchev–Trinajstić information content (AvgIpc) is 2.54. The fourth-order valence-electron chi connectivity index (χ4n) is 1.69. The van der Waals surface area contributed by atoms with Crippen LogP contribution in [0, 0.1) is 11.3 Å². The summed E-state index contributed by atoms with van der Waals surface area (Å²) < 4.78 is 10.5. The molecule has 0 aromatic heterocycles. The van der Waals surface area contributed by atoms with Gasteiger partial charge in [0.1, 0.15) is 6.07 Å². The lowest BCUT2D eigenvalue weighted by Crippen LogP contribution is -1.98. The molecule has 0 bridgehead atoms. The minimum atomic E-state index is -0.0145. The minimum Gasteiger partial charge on any atom is -0.493 e. The number of methoxy groups -OCH3 is 1. The minimum absolute atomic E-state index is 0.0145. The number of nitrogens with zero attached hydrogens (tertiary/aromatic N) is 2. The second-order valence-electron chi connectivity index (χ2n) is 4.09. The molecule has 106 valence electrons. The lowest BCUT2D eigenvalue weighted by molar-refractivity contribution is 0.329. The molecule has 0 saturated carbocycles. The van der Waals surface area contributed by atoms with E-state index < -0.39 is 0 Å². The molecular formula is C16H15N3O2. The number of hydrogen-bond donors (Lipinski definition) is 1. The molecule has 0 heterocycles. The summed E-state index contributed by atoms with van der Waals surface area (Å²) >= 11 is 0. The van der Waals surface area contributed by atoms with Crippen LogP contribution in [0.5, 0.6) is 11.5 Å². The third-order valence-corrected chi connectivity index (χ3v) is 2.66. The van der Waals surface area contributed by atoms with E-state index in [9.17, 15) is 0 Å². The van der Waals surface area contributed by atoms with Gasteiger partial charge in [0.2, 0.25) is 0 Å². The molecule has 0 spiro atoms. The van der Waals surface area contributed by atoms with Crippen molar-refractivity contribution in [2.75, 3.05) is 19.1 Å². The highest BCUT2D eigenvalue weighted by Crippen LogP contribution is 2.27. The van der Waals surface area contributed by atoms with E-state index in [0.717, 1.165) is 11.3 Å². The van der Waals surface area contributed by atoms with Crippen LogP contribution in [0.4, 0.5) is 5.69 Å². The van der Waals surface area contributed by atoms with E-state index in [1.807, 2.05) is 42.5 Å². The maximum Gasteiger partial charge on any atom is 0.174 e. The standard InChI is InChI=1S/C16H15N3O2/c1-20-16-11-13(7-8-15(16)21-10-9-17)12-18-19-14-5-3-2-4-6-14/h2-8,11-12,19H,10H2,1H3/b18-12-. The molecule has 0 aliphatic heterocycles. The molecule has 0 aliphatic carbocycles. The van der Waals surface area contributed by atoms with Gasteiger partial charge in [-0.3, -0.25) is 5.43 Å². The van der Waals surface area contributed by atoms with Crippen LogP contribution in [0.1, 0.15) is 5.56 Å². The first-order valence-electron chi connectivity index (χ1n) is 6.35. The Morgan fingerprint density at radius 3 is 2.71 bits per heavy atom. The third-order valence-electron chi connectivity index (χ3n) is 2.66. The number of benzene rings is 2. The first kappa shape index (κ1) is 14.4. The summed E-state index contributed by atoms with van der Waals surface area (Å²) in [6.45, 7) is -0.0145. The lowest BCUT2D eigenvalue weighted by Gasteiger charge is -2.08. The smallest absolute Gasteiger partial charge is 0.174 e. The highest BCUT2D eigenvalue weighted by molar-refractivity contribution is 5.81. The number of hydrogen-bond acceptors (Lipinski definition) is 5. The van der Waals surface area contributed by atoms with Crippen LogP contribution < -0.4 is 14.9 Å². The van der Waals surface area contributed by atoms with E-state index in [0.29, 0.717) is 11.5 Å². The van der Waals surface area contributed by atoms with Gasteiger partial charge in [-0.25, -0.2) is 0 Å². The van der Waals surface area contributed by atoms with E-state index in [1.54, 1.807) is 25.5 Å². The van der Waals surface area contributed by atoms with Crippen molar-refractivity contribution in [1.29, 1.82) is 5.26 Å². The van der Waals surface area contributed by atoms with Crippen molar-refractivity contribution < 1.29 is 9.47 Å². The number of nitriles is 1. The van der Waals surface area contributed by atoms with Crippen LogP contribution in [-0.2, 0) is 0 Å². The highest BCUT2D eigenvalue weighted by Gasteiger charge is 2.04. The Morgan fingerprint density at radius 1 is 1.19 bits per heavy atom. The zero-order valence-corrected chi connectivity index (χ0v) is 11.6. The van der Waals surface area contributed by atoms with Crippen molar-refractivity contribution in [2.45, 2.75) is 0 Å². The van der Waals surface area contributed by atoms with Gasteiger partial charge >= 0.3 is 0 Å². The number of para-hydroxylation sites is 1.